The standard InChI is InChI=1S/C12H11N5O2.C3H8/c1-16-6-8(4-14-16)12(19)17-7-11(18)15-9-5-13-3-2-10(9)17;1-3-2/h2-6H,7H2,1H3,(H,15,18);3H2,1-2H3. The Morgan fingerprint density at radius 1 is 1.36 bits per heavy atom. The summed E-state index contributed by atoms with van der Waals surface area (Å²) in [5.41, 5.74) is 1.62. The third-order valence-corrected chi connectivity index (χ3v) is 2.86. The summed E-state index contributed by atoms with van der Waals surface area (Å²) in [7, 11) is 1.73. The molecule has 0 bridgehead atoms. The van der Waals surface area contributed by atoms with Crippen LogP contribution in [0.1, 0.15) is 30.6 Å². The van der Waals surface area contributed by atoms with Gasteiger partial charge < -0.3 is 5.32 Å². The van der Waals surface area contributed by atoms with Crippen LogP contribution in [0.5, 0.6) is 0 Å². The Labute approximate surface area is 129 Å². The lowest BCUT2D eigenvalue weighted by Crippen LogP contribution is -2.42. The molecule has 2 amide bonds. The third kappa shape index (κ3) is 3.30. The molecule has 0 unspecified atom stereocenters. The monoisotopic (exact) mass is 301 g/mol. The van der Waals surface area contributed by atoms with Gasteiger partial charge in [0.15, 0.2) is 0 Å². The highest BCUT2D eigenvalue weighted by atomic mass is 16.2. The van der Waals surface area contributed by atoms with Crippen molar-refractivity contribution in [1.29, 1.82) is 0 Å². The second-order valence-corrected chi connectivity index (χ2v) is 4.94. The number of hydrogen-bond donors (Lipinski definition) is 1. The number of aryl methyl sites for hydroxylation is 1. The number of rotatable bonds is 1. The lowest BCUT2D eigenvalue weighted by molar-refractivity contribution is -0.115. The second kappa shape index (κ2) is 6.84. The number of nitrogens with one attached hydrogen (secondary N) is 1. The van der Waals surface area contributed by atoms with Crippen molar-refractivity contribution in [2.75, 3.05) is 16.8 Å². The highest BCUT2D eigenvalue weighted by molar-refractivity contribution is 6.14. The number of amides is 2. The van der Waals surface area contributed by atoms with Crippen LogP contribution in [0.25, 0.3) is 0 Å². The zero-order valence-electron chi connectivity index (χ0n) is 12.9. The summed E-state index contributed by atoms with van der Waals surface area (Å²) >= 11 is 0. The van der Waals surface area contributed by atoms with Gasteiger partial charge in [-0.05, 0) is 6.07 Å². The summed E-state index contributed by atoms with van der Waals surface area (Å²) in [6.07, 6.45) is 7.46. The Kier molecular flexibility index (Phi) is 4.88. The van der Waals surface area contributed by atoms with E-state index in [4.69, 9.17) is 0 Å². The van der Waals surface area contributed by atoms with Crippen molar-refractivity contribution >= 4 is 23.2 Å². The summed E-state index contributed by atoms with van der Waals surface area (Å²) in [4.78, 5) is 29.4. The first-order valence-electron chi connectivity index (χ1n) is 7.11. The van der Waals surface area contributed by atoms with Crippen LogP contribution in [0.15, 0.2) is 30.9 Å². The second-order valence-electron chi connectivity index (χ2n) is 4.94. The van der Waals surface area contributed by atoms with Gasteiger partial charge in [0.05, 0.1) is 29.3 Å². The van der Waals surface area contributed by atoms with E-state index in [2.05, 4.69) is 29.2 Å². The first-order valence-corrected chi connectivity index (χ1v) is 7.11. The van der Waals surface area contributed by atoms with Crippen LogP contribution < -0.4 is 10.2 Å². The van der Waals surface area contributed by atoms with Crippen LogP contribution in [0.2, 0.25) is 0 Å². The van der Waals surface area contributed by atoms with E-state index in [0.29, 0.717) is 16.9 Å². The van der Waals surface area contributed by atoms with Gasteiger partial charge in [-0.1, -0.05) is 20.3 Å². The largest absolute Gasteiger partial charge is 0.321 e. The van der Waals surface area contributed by atoms with Crippen LogP contribution in [-0.4, -0.2) is 33.1 Å². The number of anilines is 2. The summed E-state index contributed by atoms with van der Waals surface area (Å²) in [5, 5.41) is 6.65. The molecule has 0 radical (unpaired) electrons. The highest BCUT2D eigenvalue weighted by Gasteiger charge is 2.28. The molecule has 0 fully saturated rings. The van der Waals surface area contributed by atoms with Crippen LogP contribution in [0.4, 0.5) is 11.4 Å². The molecular formula is C15H19N5O2. The molecule has 22 heavy (non-hydrogen) atoms. The summed E-state index contributed by atoms with van der Waals surface area (Å²) in [5.74, 6) is -0.492. The highest BCUT2D eigenvalue weighted by Crippen LogP contribution is 2.28. The first kappa shape index (κ1) is 15.7. The van der Waals surface area contributed by atoms with Gasteiger partial charge in [0.2, 0.25) is 5.91 Å². The maximum atomic E-state index is 12.4. The minimum absolute atomic E-state index is 0.00919. The van der Waals surface area contributed by atoms with E-state index < -0.39 is 0 Å². The zero-order chi connectivity index (χ0) is 16.1. The molecule has 1 aliphatic rings. The van der Waals surface area contributed by atoms with Gasteiger partial charge in [-0.3, -0.25) is 24.2 Å². The molecule has 0 saturated heterocycles. The van der Waals surface area contributed by atoms with Crippen molar-refractivity contribution in [3.8, 4) is 0 Å². The molecule has 0 aliphatic carbocycles. The van der Waals surface area contributed by atoms with E-state index in [1.165, 1.54) is 23.7 Å². The van der Waals surface area contributed by atoms with Gasteiger partial charge in [-0.15, -0.1) is 0 Å². The fourth-order valence-corrected chi connectivity index (χ4v) is 2.01. The van der Waals surface area contributed by atoms with Crippen molar-refractivity contribution in [3.63, 3.8) is 0 Å². The van der Waals surface area contributed by atoms with Gasteiger partial charge in [-0.2, -0.15) is 5.10 Å². The average Bonchev–Trinajstić information content (AvgIpc) is 2.93. The van der Waals surface area contributed by atoms with E-state index in [1.54, 1.807) is 30.2 Å². The number of carbonyl (C=O) groups is 2. The zero-order valence-corrected chi connectivity index (χ0v) is 12.9. The maximum absolute atomic E-state index is 12.4. The summed E-state index contributed by atoms with van der Waals surface area (Å²) in [6, 6.07) is 1.70. The number of pyridine rings is 1. The SMILES string of the molecule is CCC.Cn1cc(C(=O)N2CC(=O)Nc3cnccc32)cn1. The Hall–Kier alpha value is -2.70. The molecule has 3 rings (SSSR count). The molecule has 7 heteroatoms. The predicted molar refractivity (Wildman–Crippen MR) is 83.7 cm³/mol. The fraction of sp³-hybridized carbons (Fsp3) is 0.333. The minimum Gasteiger partial charge on any atom is -0.321 e. The van der Waals surface area contributed by atoms with Crippen molar-refractivity contribution in [1.82, 2.24) is 14.8 Å². The molecular weight excluding hydrogens is 282 g/mol. The lowest BCUT2D eigenvalue weighted by Gasteiger charge is -2.28. The van der Waals surface area contributed by atoms with Gasteiger partial charge in [0.1, 0.15) is 6.54 Å². The smallest absolute Gasteiger partial charge is 0.262 e. The first-order chi connectivity index (χ1) is 10.6. The van der Waals surface area contributed by atoms with Crippen LogP contribution in [0, 0.1) is 0 Å². The summed E-state index contributed by atoms with van der Waals surface area (Å²) < 4.78 is 1.55. The van der Waals surface area contributed by atoms with E-state index in [9.17, 15) is 9.59 Å². The normalized spacial score (nSPS) is 12.9. The molecule has 0 saturated carbocycles. The van der Waals surface area contributed by atoms with Crippen LogP contribution in [0.3, 0.4) is 0 Å². The molecule has 2 aromatic heterocycles. The Balaban J connectivity index is 0.000000545. The number of hydrogen-bond acceptors (Lipinski definition) is 4. The quantitative estimate of drug-likeness (QED) is 0.871. The topological polar surface area (TPSA) is 80.1 Å². The van der Waals surface area contributed by atoms with Gasteiger partial charge in [0.25, 0.3) is 5.91 Å². The Bertz CT molecular complexity index is 680. The van der Waals surface area contributed by atoms with E-state index in [0.717, 1.165) is 0 Å². The van der Waals surface area contributed by atoms with Gasteiger partial charge >= 0.3 is 0 Å². The molecule has 1 N–H and O–H groups in total. The number of carbonyl (C=O) groups excluding carboxylic acids is 2. The molecule has 116 valence electrons. The van der Waals surface area contributed by atoms with Gasteiger partial charge in [-0.25, -0.2) is 0 Å². The number of nitrogens with zero attached hydrogens (tertiary/aromatic N) is 4. The van der Waals surface area contributed by atoms with Crippen LogP contribution >= 0.6 is 0 Å². The number of fused-ring (bicyclic) bond motifs is 1. The molecule has 0 spiro atoms. The van der Waals surface area contributed by atoms with Crippen molar-refractivity contribution < 1.29 is 9.59 Å². The Morgan fingerprint density at radius 3 is 2.73 bits per heavy atom. The lowest BCUT2D eigenvalue weighted by atomic mass is 10.2. The number of aromatic nitrogens is 3. The van der Waals surface area contributed by atoms with Gasteiger partial charge in [0, 0.05) is 19.4 Å². The molecule has 2 aromatic rings. The summed E-state index contributed by atoms with van der Waals surface area (Å²) in [6.45, 7) is 4.24. The van der Waals surface area contributed by atoms with E-state index in [-0.39, 0.29) is 18.4 Å². The molecule has 7 nitrogen and oxygen atoms in total. The van der Waals surface area contributed by atoms with E-state index >= 15 is 0 Å². The minimum atomic E-state index is -0.254. The van der Waals surface area contributed by atoms with Crippen molar-refractivity contribution in [3.05, 3.63) is 36.4 Å². The Morgan fingerprint density at radius 2 is 2.09 bits per heavy atom. The molecule has 1 aliphatic heterocycles. The third-order valence-electron chi connectivity index (χ3n) is 2.86. The van der Waals surface area contributed by atoms with Crippen LogP contribution in [-0.2, 0) is 11.8 Å². The average molecular weight is 301 g/mol. The van der Waals surface area contributed by atoms with Crippen molar-refractivity contribution in [2.24, 2.45) is 7.05 Å². The predicted octanol–water partition coefficient (Wildman–Crippen LogP) is 1.83. The molecule has 3 heterocycles. The fourth-order valence-electron chi connectivity index (χ4n) is 2.01. The van der Waals surface area contributed by atoms with Crippen molar-refractivity contribution in [2.45, 2.75) is 20.3 Å². The molecule has 0 atom stereocenters. The van der Waals surface area contributed by atoms with E-state index in [1.807, 2.05) is 0 Å². The molecule has 0 aromatic carbocycles. The maximum Gasteiger partial charge on any atom is 0.262 e.